The molecule has 1 aromatic carbocycles. The lowest BCUT2D eigenvalue weighted by Gasteiger charge is -2.40. The maximum Gasteiger partial charge on any atom is 0.254 e. The number of nitrogens with one attached hydrogen (secondary N) is 1. The van der Waals surface area contributed by atoms with E-state index in [9.17, 15) is 4.79 Å². The first-order valence-electron chi connectivity index (χ1n) is 5.87. The Bertz CT molecular complexity index is 442. The van der Waals surface area contributed by atoms with Gasteiger partial charge in [0.05, 0.1) is 0 Å². The smallest absolute Gasteiger partial charge is 0.254 e. The molecule has 2 heterocycles. The van der Waals surface area contributed by atoms with E-state index in [1.807, 2.05) is 17.0 Å². The van der Waals surface area contributed by atoms with Gasteiger partial charge in [0.1, 0.15) is 0 Å². The molecule has 0 aliphatic carbocycles. The first-order valence-corrected chi connectivity index (χ1v) is 5.87. The van der Waals surface area contributed by atoms with E-state index in [4.69, 9.17) is 0 Å². The summed E-state index contributed by atoms with van der Waals surface area (Å²) in [5.41, 5.74) is 3.36. The van der Waals surface area contributed by atoms with Gasteiger partial charge in [-0.05, 0) is 25.0 Å². The predicted octanol–water partition coefficient (Wildman–Crippen LogP) is 0.965. The highest BCUT2D eigenvalue weighted by Gasteiger charge is 2.33. The van der Waals surface area contributed by atoms with Crippen molar-refractivity contribution in [2.24, 2.45) is 0 Å². The standard InChI is InChI=1S/C13H16N2O/c1-9-2-3-12-10(6-9)7-11-8-14-4-5-15(11)13(12)16/h2-3,6,11,14H,4-5,7-8H2,1H3/t11-/m1/s1. The van der Waals surface area contributed by atoms with Gasteiger partial charge in [0.25, 0.3) is 5.91 Å². The lowest BCUT2D eigenvalue weighted by molar-refractivity contribution is 0.0606. The molecule has 1 fully saturated rings. The van der Waals surface area contributed by atoms with Crippen LogP contribution in [0, 0.1) is 6.92 Å². The maximum atomic E-state index is 12.3. The summed E-state index contributed by atoms with van der Waals surface area (Å²) in [5.74, 6) is 0.216. The quantitative estimate of drug-likeness (QED) is 0.700. The van der Waals surface area contributed by atoms with Crippen molar-refractivity contribution in [3.05, 3.63) is 34.9 Å². The number of piperazine rings is 1. The van der Waals surface area contributed by atoms with Crippen molar-refractivity contribution in [1.82, 2.24) is 10.2 Å². The van der Waals surface area contributed by atoms with Crippen molar-refractivity contribution in [2.45, 2.75) is 19.4 Å². The lowest BCUT2D eigenvalue weighted by Crippen LogP contribution is -2.56. The van der Waals surface area contributed by atoms with E-state index in [1.165, 1.54) is 11.1 Å². The molecule has 0 unspecified atom stereocenters. The van der Waals surface area contributed by atoms with Gasteiger partial charge in [-0.2, -0.15) is 0 Å². The second-order valence-electron chi connectivity index (χ2n) is 4.72. The first-order chi connectivity index (χ1) is 7.75. The Hall–Kier alpha value is -1.35. The second-order valence-corrected chi connectivity index (χ2v) is 4.72. The number of carbonyl (C=O) groups is 1. The van der Waals surface area contributed by atoms with Gasteiger partial charge in [-0.1, -0.05) is 17.7 Å². The molecule has 0 radical (unpaired) electrons. The minimum atomic E-state index is 0.216. The van der Waals surface area contributed by atoms with E-state index in [2.05, 4.69) is 18.3 Å². The summed E-state index contributed by atoms with van der Waals surface area (Å²) in [7, 11) is 0. The van der Waals surface area contributed by atoms with Crippen LogP contribution in [0.5, 0.6) is 0 Å². The summed E-state index contributed by atoms with van der Waals surface area (Å²) < 4.78 is 0. The van der Waals surface area contributed by atoms with Gasteiger partial charge in [-0.3, -0.25) is 4.79 Å². The molecule has 2 aliphatic heterocycles. The molecule has 1 N–H and O–H groups in total. The van der Waals surface area contributed by atoms with E-state index >= 15 is 0 Å². The molecule has 0 saturated carbocycles. The highest BCUT2D eigenvalue weighted by Crippen LogP contribution is 2.24. The van der Waals surface area contributed by atoms with Crippen LogP contribution >= 0.6 is 0 Å². The van der Waals surface area contributed by atoms with Gasteiger partial charge in [0, 0.05) is 31.2 Å². The molecule has 16 heavy (non-hydrogen) atoms. The molecule has 0 bridgehead atoms. The molecule has 1 atom stereocenters. The largest absolute Gasteiger partial charge is 0.333 e. The van der Waals surface area contributed by atoms with Crippen molar-refractivity contribution in [3.63, 3.8) is 0 Å². The van der Waals surface area contributed by atoms with Crippen molar-refractivity contribution in [2.75, 3.05) is 19.6 Å². The molecule has 0 aromatic heterocycles. The molecule has 0 spiro atoms. The number of benzene rings is 1. The molecular weight excluding hydrogens is 200 g/mol. The summed E-state index contributed by atoms with van der Waals surface area (Å²) in [6.07, 6.45) is 0.996. The number of rotatable bonds is 0. The summed E-state index contributed by atoms with van der Waals surface area (Å²) in [6, 6.07) is 6.51. The fourth-order valence-corrected chi connectivity index (χ4v) is 2.72. The number of nitrogens with zero attached hydrogens (tertiary/aromatic N) is 1. The topological polar surface area (TPSA) is 32.3 Å². The average molecular weight is 216 g/mol. The summed E-state index contributed by atoms with van der Waals surface area (Å²) in [5, 5.41) is 3.36. The van der Waals surface area contributed by atoms with Crippen LogP contribution in [0.2, 0.25) is 0 Å². The average Bonchev–Trinajstić information content (AvgIpc) is 2.29. The molecular formula is C13H16N2O. The Morgan fingerprint density at radius 2 is 2.31 bits per heavy atom. The molecule has 3 nitrogen and oxygen atoms in total. The zero-order valence-electron chi connectivity index (χ0n) is 9.49. The molecule has 1 amide bonds. The molecule has 84 valence electrons. The van der Waals surface area contributed by atoms with E-state index in [-0.39, 0.29) is 5.91 Å². The van der Waals surface area contributed by atoms with Crippen molar-refractivity contribution in [1.29, 1.82) is 0 Å². The number of fused-ring (bicyclic) bond motifs is 2. The Kier molecular flexibility index (Phi) is 2.21. The van der Waals surface area contributed by atoms with Crippen molar-refractivity contribution < 1.29 is 4.79 Å². The van der Waals surface area contributed by atoms with E-state index in [0.717, 1.165) is 31.6 Å². The van der Waals surface area contributed by atoms with Crippen LogP contribution in [-0.4, -0.2) is 36.5 Å². The SMILES string of the molecule is Cc1ccc2c(c1)C[C@@H]1CNCCN1C2=O. The predicted molar refractivity (Wildman–Crippen MR) is 62.6 cm³/mol. The first kappa shape index (κ1) is 9.85. The van der Waals surface area contributed by atoms with Crippen LogP contribution in [0.3, 0.4) is 0 Å². The minimum Gasteiger partial charge on any atom is -0.333 e. The second kappa shape index (κ2) is 3.59. The lowest BCUT2D eigenvalue weighted by atomic mass is 9.91. The van der Waals surface area contributed by atoms with Gasteiger partial charge in [-0.15, -0.1) is 0 Å². The van der Waals surface area contributed by atoms with Crippen LogP contribution in [-0.2, 0) is 6.42 Å². The summed E-state index contributed by atoms with van der Waals surface area (Å²) >= 11 is 0. The molecule has 1 saturated heterocycles. The third-order valence-corrected chi connectivity index (χ3v) is 3.56. The zero-order valence-corrected chi connectivity index (χ0v) is 9.49. The molecule has 3 rings (SSSR count). The number of carbonyl (C=O) groups excluding carboxylic acids is 1. The fourth-order valence-electron chi connectivity index (χ4n) is 2.72. The van der Waals surface area contributed by atoms with Crippen molar-refractivity contribution >= 4 is 5.91 Å². The third-order valence-electron chi connectivity index (χ3n) is 3.56. The molecule has 1 aromatic rings. The normalized spacial score (nSPS) is 23.9. The summed E-state index contributed by atoms with van der Waals surface area (Å²) in [6.45, 7) is 4.77. The van der Waals surface area contributed by atoms with Crippen molar-refractivity contribution in [3.8, 4) is 0 Å². The van der Waals surface area contributed by atoms with E-state index in [1.54, 1.807) is 0 Å². The number of aryl methyl sites for hydroxylation is 1. The number of hydrogen-bond donors (Lipinski definition) is 1. The Labute approximate surface area is 95.4 Å². The zero-order chi connectivity index (χ0) is 11.1. The van der Waals surface area contributed by atoms with Crippen LogP contribution in [0.15, 0.2) is 18.2 Å². The van der Waals surface area contributed by atoms with Gasteiger partial charge in [0.2, 0.25) is 0 Å². The van der Waals surface area contributed by atoms with Gasteiger partial charge < -0.3 is 10.2 Å². The molecule has 2 aliphatic rings. The number of hydrogen-bond acceptors (Lipinski definition) is 2. The van der Waals surface area contributed by atoms with Gasteiger partial charge >= 0.3 is 0 Å². The van der Waals surface area contributed by atoms with Crippen LogP contribution in [0.4, 0.5) is 0 Å². The van der Waals surface area contributed by atoms with Crippen LogP contribution in [0.25, 0.3) is 0 Å². The third kappa shape index (κ3) is 1.43. The Balaban J connectivity index is 2.03. The fraction of sp³-hybridized carbons (Fsp3) is 0.462. The Morgan fingerprint density at radius 3 is 3.19 bits per heavy atom. The summed E-state index contributed by atoms with van der Waals surface area (Å²) in [4.78, 5) is 14.3. The van der Waals surface area contributed by atoms with Gasteiger partial charge in [0.15, 0.2) is 0 Å². The maximum absolute atomic E-state index is 12.3. The van der Waals surface area contributed by atoms with Crippen LogP contribution < -0.4 is 5.32 Å². The van der Waals surface area contributed by atoms with E-state index in [0.29, 0.717) is 6.04 Å². The minimum absolute atomic E-state index is 0.216. The van der Waals surface area contributed by atoms with Crippen LogP contribution in [0.1, 0.15) is 21.5 Å². The van der Waals surface area contributed by atoms with Gasteiger partial charge in [-0.25, -0.2) is 0 Å². The number of amides is 1. The van der Waals surface area contributed by atoms with E-state index < -0.39 is 0 Å². The highest BCUT2D eigenvalue weighted by atomic mass is 16.2. The highest BCUT2D eigenvalue weighted by molar-refractivity contribution is 5.97. The monoisotopic (exact) mass is 216 g/mol. The Morgan fingerprint density at radius 1 is 1.44 bits per heavy atom. The molecule has 3 heteroatoms.